The van der Waals surface area contributed by atoms with Crippen LogP contribution >= 0.6 is 11.6 Å². The highest BCUT2D eigenvalue weighted by Gasteiger charge is 2.29. The van der Waals surface area contributed by atoms with Crippen LogP contribution in [0.3, 0.4) is 0 Å². The molecule has 0 radical (unpaired) electrons. The molecule has 2 unspecified atom stereocenters. The van der Waals surface area contributed by atoms with Crippen molar-refractivity contribution in [3.05, 3.63) is 33.1 Å². The Balaban J connectivity index is 2.16. The fourth-order valence-electron chi connectivity index (χ4n) is 2.32. The maximum Gasteiger partial charge on any atom is 0.288 e. The van der Waals surface area contributed by atoms with Gasteiger partial charge in [0.25, 0.3) is 11.6 Å². The van der Waals surface area contributed by atoms with Gasteiger partial charge in [0.1, 0.15) is 11.3 Å². The molecular formula is C12H14ClN3O4. The standard InChI is InChI=1S/C12H14ClN3O4/c1-20-10-4-2-3-9(10)15-12(17)8-5-7(16(18)19)6-14-11(8)13/h5-6,9-10H,2-4H2,1H3,(H,15,17). The second-order valence-electron chi connectivity index (χ2n) is 4.57. The zero-order chi connectivity index (χ0) is 14.7. The van der Waals surface area contributed by atoms with Crippen LogP contribution in [0, 0.1) is 10.1 Å². The molecule has 20 heavy (non-hydrogen) atoms. The number of nitrogens with zero attached hydrogens (tertiary/aromatic N) is 2. The minimum absolute atomic E-state index is 0.00243. The average Bonchev–Trinajstić information content (AvgIpc) is 2.86. The van der Waals surface area contributed by atoms with Gasteiger partial charge in [0.05, 0.1) is 22.6 Å². The molecule has 0 aliphatic heterocycles. The normalized spacial score (nSPS) is 21.7. The second-order valence-corrected chi connectivity index (χ2v) is 4.93. The van der Waals surface area contributed by atoms with Crippen molar-refractivity contribution in [1.29, 1.82) is 0 Å². The Labute approximate surface area is 120 Å². The van der Waals surface area contributed by atoms with E-state index < -0.39 is 10.8 Å². The molecule has 1 aromatic heterocycles. The van der Waals surface area contributed by atoms with E-state index in [0.717, 1.165) is 31.5 Å². The predicted octanol–water partition coefficient (Wildman–Crippen LogP) is 1.94. The van der Waals surface area contributed by atoms with Crippen molar-refractivity contribution in [3.8, 4) is 0 Å². The molecule has 1 N–H and O–H groups in total. The second kappa shape index (κ2) is 6.15. The third-order valence-corrected chi connectivity index (χ3v) is 3.65. The molecule has 2 atom stereocenters. The lowest BCUT2D eigenvalue weighted by Gasteiger charge is -2.19. The molecule has 0 aromatic carbocycles. The number of aromatic nitrogens is 1. The Morgan fingerprint density at radius 3 is 3.00 bits per heavy atom. The molecule has 1 heterocycles. The fraction of sp³-hybridized carbons (Fsp3) is 0.500. The molecule has 8 heteroatoms. The van der Waals surface area contributed by atoms with Gasteiger partial charge in [-0.05, 0) is 19.3 Å². The zero-order valence-electron chi connectivity index (χ0n) is 10.8. The Morgan fingerprint density at radius 2 is 2.35 bits per heavy atom. The first kappa shape index (κ1) is 14.7. The molecule has 1 aromatic rings. The number of carbonyl (C=O) groups excluding carboxylic acids is 1. The number of rotatable bonds is 4. The molecule has 0 saturated heterocycles. The third-order valence-electron chi connectivity index (χ3n) is 3.35. The minimum atomic E-state index is -0.617. The van der Waals surface area contributed by atoms with Gasteiger partial charge >= 0.3 is 0 Å². The van der Waals surface area contributed by atoms with Crippen LogP contribution in [0.1, 0.15) is 29.6 Å². The first-order valence-corrected chi connectivity index (χ1v) is 6.54. The highest BCUT2D eigenvalue weighted by atomic mass is 35.5. The summed E-state index contributed by atoms with van der Waals surface area (Å²) >= 11 is 5.83. The van der Waals surface area contributed by atoms with Gasteiger partial charge in [0.15, 0.2) is 0 Å². The first-order chi connectivity index (χ1) is 9.52. The van der Waals surface area contributed by atoms with Crippen molar-refractivity contribution in [3.63, 3.8) is 0 Å². The summed E-state index contributed by atoms with van der Waals surface area (Å²) < 4.78 is 5.28. The number of halogens is 1. The van der Waals surface area contributed by atoms with Gasteiger partial charge in [-0.25, -0.2) is 4.98 Å². The topological polar surface area (TPSA) is 94.4 Å². The quantitative estimate of drug-likeness (QED) is 0.521. The smallest absolute Gasteiger partial charge is 0.288 e. The predicted molar refractivity (Wildman–Crippen MR) is 71.8 cm³/mol. The Morgan fingerprint density at radius 1 is 1.60 bits per heavy atom. The lowest BCUT2D eigenvalue weighted by molar-refractivity contribution is -0.385. The van der Waals surface area contributed by atoms with E-state index in [1.165, 1.54) is 0 Å². The van der Waals surface area contributed by atoms with Crippen molar-refractivity contribution in [2.24, 2.45) is 0 Å². The van der Waals surface area contributed by atoms with Crippen LogP contribution in [0.4, 0.5) is 5.69 Å². The monoisotopic (exact) mass is 299 g/mol. The van der Waals surface area contributed by atoms with Crippen LogP contribution in [-0.2, 0) is 4.74 Å². The van der Waals surface area contributed by atoms with E-state index in [-0.39, 0.29) is 28.5 Å². The third kappa shape index (κ3) is 3.05. The number of carbonyl (C=O) groups is 1. The number of ether oxygens (including phenoxy) is 1. The van der Waals surface area contributed by atoms with E-state index in [4.69, 9.17) is 16.3 Å². The lowest BCUT2D eigenvalue weighted by Crippen LogP contribution is -2.40. The molecule has 7 nitrogen and oxygen atoms in total. The molecule has 1 fully saturated rings. The number of nitro groups is 1. The maximum absolute atomic E-state index is 12.1. The lowest BCUT2D eigenvalue weighted by atomic mass is 10.2. The Hall–Kier alpha value is -1.73. The molecule has 108 valence electrons. The summed E-state index contributed by atoms with van der Waals surface area (Å²) in [5.74, 6) is -0.472. The molecule has 0 spiro atoms. The summed E-state index contributed by atoms with van der Waals surface area (Å²) in [6.45, 7) is 0. The van der Waals surface area contributed by atoms with E-state index in [9.17, 15) is 14.9 Å². The highest BCUT2D eigenvalue weighted by Crippen LogP contribution is 2.23. The molecule has 2 rings (SSSR count). The van der Waals surface area contributed by atoms with Crippen LogP contribution in [0.5, 0.6) is 0 Å². The number of hydrogen-bond donors (Lipinski definition) is 1. The number of nitrogens with one attached hydrogen (secondary N) is 1. The summed E-state index contributed by atoms with van der Waals surface area (Å²) in [4.78, 5) is 25.9. The minimum Gasteiger partial charge on any atom is -0.379 e. The summed E-state index contributed by atoms with van der Waals surface area (Å²) in [7, 11) is 1.59. The average molecular weight is 300 g/mol. The SMILES string of the molecule is COC1CCCC1NC(=O)c1cc([N+](=O)[O-])cnc1Cl. The van der Waals surface area contributed by atoms with E-state index in [1.54, 1.807) is 7.11 Å². The van der Waals surface area contributed by atoms with Gasteiger partial charge in [-0.1, -0.05) is 11.6 Å². The molecular weight excluding hydrogens is 286 g/mol. The number of amides is 1. The number of pyridine rings is 1. The highest BCUT2D eigenvalue weighted by molar-refractivity contribution is 6.32. The van der Waals surface area contributed by atoms with Crippen molar-refractivity contribution < 1.29 is 14.5 Å². The largest absolute Gasteiger partial charge is 0.379 e. The fourth-order valence-corrected chi connectivity index (χ4v) is 2.50. The maximum atomic E-state index is 12.1. The van der Waals surface area contributed by atoms with Gasteiger partial charge in [-0.2, -0.15) is 0 Å². The van der Waals surface area contributed by atoms with Crippen molar-refractivity contribution in [1.82, 2.24) is 10.3 Å². The van der Waals surface area contributed by atoms with Gasteiger partial charge in [-0.3, -0.25) is 14.9 Å². The summed E-state index contributed by atoms with van der Waals surface area (Å²) in [5.41, 5.74) is -0.267. The van der Waals surface area contributed by atoms with Gasteiger partial charge in [0, 0.05) is 13.2 Å². The van der Waals surface area contributed by atoms with Crippen molar-refractivity contribution in [2.45, 2.75) is 31.4 Å². The Kier molecular flexibility index (Phi) is 4.51. The van der Waals surface area contributed by atoms with Crippen LogP contribution in [0.15, 0.2) is 12.3 Å². The number of hydrogen-bond acceptors (Lipinski definition) is 5. The summed E-state index contributed by atoms with van der Waals surface area (Å²) in [6.07, 6.45) is 3.63. The van der Waals surface area contributed by atoms with Gasteiger partial charge in [-0.15, -0.1) is 0 Å². The van der Waals surface area contributed by atoms with E-state index in [2.05, 4.69) is 10.3 Å². The number of methoxy groups -OCH3 is 1. The zero-order valence-corrected chi connectivity index (χ0v) is 11.6. The van der Waals surface area contributed by atoms with Crippen LogP contribution in [0.25, 0.3) is 0 Å². The molecule has 1 aliphatic rings. The summed E-state index contributed by atoms with van der Waals surface area (Å²) in [6, 6.07) is 1.02. The van der Waals surface area contributed by atoms with E-state index in [0.29, 0.717) is 0 Å². The van der Waals surface area contributed by atoms with Crippen molar-refractivity contribution >= 4 is 23.2 Å². The van der Waals surface area contributed by atoms with Crippen LogP contribution < -0.4 is 5.32 Å². The van der Waals surface area contributed by atoms with E-state index >= 15 is 0 Å². The van der Waals surface area contributed by atoms with Gasteiger partial charge < -0.3 is 10.1 Å². The molecule has 0 bridgehead atoms. The van der Waals surface area contributed by atoms with E-state index in [1.807, 2.05) is 0 Å². The van der Waals surface area contributed by atoms with Crippen LogP contribution in [0.2, 0.25) is 5.15 Å². The molecule has 1 amide bonds. The first-order valence-electron chi connectivity index (χ1n) is 6.16. The van der Waals surface area contributed by atoms with Gasteiger partial charge in [0.2, 0.25) is 0 Å². The van der Waals surface area contributed by atoms with Crippen LogP contribution in [-0.4, -0.2) is 35.1 Å². The Bertz CT molecular complexity index is 537. The summed E-state index contributed by atoms with van der Waals surface area (Å²) in [5, 5.41) is 13.4. The van der Waals surface area contributed by atoms with Crippen molar-refractivity contribution in [2.75, 3.05) is 7.11 Å². The molecule has 1 saturated carbocycles. The molecule has 1 aliphatic carbocycles.